The Hall–Kier alpha value is -1.44. The molecule has 1 atom stereocenters. The summed E-state index contributed by atoms with van der Waals surface area (Å²) in [5, 5.41) is 9.11. The van der Waals surface area contributed by atoms with Crippen LogP contribution in [-0.2, 0) is 4.43 Å². The molecule has 0 aromatic heterocycles. The number of benzene rings is 1. The molecule has 18 heavy (non-hydrogen) atoms. The molecule has 0 fully saturated rings. The summed E-state index contributed by atoms with van der Waals surface area (Å²) in [6.07, 6.45) is 0.0590. The van der Waals surface area contributed by atoms with E-state index in [2.05, 4.69) is 30.7 Å². The molecule has 1 unspecified atom stereocenters. The second-order valence-corrected chi connectivity index (χ2v) is 9.67. The molecule has 96 valence electrons. The van der Waals surface area contributed by atoms with Crippen molar-refractivity contribution in [2.75, 3.05) is 6.54 Å². The average molecular weight is 260 g/mol. The molecule has 1 aromatic carbocycles. The molecule has 0 heterocycles. The van der Waals surface area contributed by atoms with Gasteiger partial charge in [0, 0.05) is 5.56 Å². The first-order valence-electron chi connectivity index (χ1n) is 6.10. The van der Waals surface area contributed by atoms with Crippen molar-refractivity contribution in [1.29, 1.82) is 5.26 Å². The van der Waals surface area contributed by atoms with Crippen LogP contribution in [0.3, 0.4) is 0 Å². The summed E-state index contributed by atoms with van der Waals surface area (Å²) >= 11 is 0. The van der Waals surface area contributed by atoms with Gasteiger partial charge in [0.2, 0.25) is 0 Å². The SMILES string of the molecule is CC(CN=C(C#N)c1ccccc1)O[Si](C)(C)C. The van der Waals surface area contributed by atoms with Crippen molar-refractivity contribution in [2.24, 2.45) is 4.99 Å². The molecular weight excluding hydrogens is 240 g/mol. The molecule has 0 saturated carbocycles. The van der Waals surface area contributed by atoms with Gasteiger partial charge in [-0.1, -0.05) is 30.3 Å². The first-order valence-corrected chi connectivity index (χ1v) is 9.51. The van der Waals surface area contributed by atoms with Crippen LogP contribution in [0.4, 0.5) is 0 Å². The summed E-state index contributed by atoms with van der Waals surface area (Å²) in [6, 6.07) is 11.7. The zero-order valence-electron chi connectivity index (χ0n) is 11.5. The zero-order valence-corrected chi connectivity index (χ0v) is 12.5. The Bertz CT molecular complexity index is 443. The molecule has 0 aliphatic rings. The van der Waals surface area contributed by atoms with Gasteiger partial charge in [-0.3, -0.25) is 4.99 Å². The summed E-state index contributed by atoms with van der Waals surface area (Å²) in [4.78, 5) is 4.35. The number of hydrogen-bond donors (Lipinski definition) is 0. The summed E-state index contributed by atoms with van der Waals surface area (Å²) < 4.78 is 5.89. The molecular formula is C14H20N2OSi. The van der Waals surface area contributed by atoms with Crippen LogP contribution in [-0.4, -0.2) is 26.7 Å². The minimum absolute atomic E-state index is 0.0590. The third kappa shape index (κ3) is 5.26. The average Bonchev–Trinajstić information content (AvgIpc) is 2.29. The van der Waals surface area contributed by atoms with Crippen LogP contribution in [0.25, 0.3) is 0 Å². The molecule has 3 nitrogen and oxygen atoms in total. The van der Waals surface area contributed by atoms with Crippen LogP contribution >= 0.6 is 0 Å². The molecule has 0 spiro atoms. The van der Waals surface area contributed by atoms with Gasteiger partial charge in [-0.25, -0.2) is 0 Å². The monoisotopic (exact) mass is 260 g/mol. The van der Waals surface area contributed by atoms with Crippen molar-refractivity contribution in [1.82, 2.24) is 0 Å². The fourth-order valence-corrected chi connectivity index (χ4v) is 2.93. The maximum atomic E-state index is 9.11. The maximum absolute atomic E-state index is 9.11. The van der Waals surface area contributed by atoms with Crippen molar-refractivity contribution in [3.8, 4) is 6.07 Å². The van der Waals surface area contributed by atoms with Crippen molar-refractivity contribution < 1.29 is 4.43 Å². The van der Waals surface area contributed by atoms with E-state index in [-0.39, 0.29) is 6.10 Å². The van der Waals surface area contributed by atoms with Gasteiger partial charge >= 0.3 is 0 Å². The fourth-order valence-electron chi connectivity index (χ4n) is 1.65. The lowest BCUT2D eigenvalue weighted by atomic mass is 10.1. The van der Waals surface area contributed by atoms with Crippen LogP contribution in [0.15, 0.2) is 35.3 Å². The number of nitrogens with zero attached hydrogens (tertiary/aromatic N) is 2. The highest BCUT2D eigenvalue weighted by Crippen LogP contribution is 2.08. The Morgan fingerprint density at radius 2 is 1.94 bits per heavy atom. The van der Waals surface area contributed by atoms with Gasteiger partial charge in [-0.15, -0.1) is 0 Å². The third-order valence-corrected chi connectivity index (χ3v) is 3.32. The number of aliphatic imine (C=N–C) groups is 1. The predicted octanol–water partition coefficient (Wildman–Crippen LogP) is 3.24. The van der Waals surface area contributed by atoms with Gasteiger partial charge in [0.1, 0.15) is 11.8 Å². The van der Waals surface area contributed by atoms with Gasteiger partial charge in [0.25, 0.3) is 0 Å². The van der Waals surface area contributed by atoms with Gasteiger partial charge in [0.05, 0.1) is 12.6 Å². The lowest BCUT2D eigenvalue weighted by molar-refractivity contribution is 0.223. The van der Waals surface area contributed by atoms with Crippen molar-refractivity contribution in [3.63, 3.8) is 0 Å². The topological polar surface area (TPSA) is 45.4 Å². The number of hydrogen-bond acceptors (Lipinski definition) is 3. The Kier molecular flexibility index (Phi) is 5.26. The van der Waals surface area contributed by atoms with E-state index in [1.54, 1.807) is 0 Å². The summed E-state index contributed by atoms with van der Waals surface area (Å²) in [5.74, 6) is 0. The van der Waals surface area contributed by atoms with Crippen LogP contribution in [0.5, 0.6) is 0 Å². The van der Waals surface area contributed by atoms with Crippen molar-refractivity contribution in [2.45, 2.75) is 32.7 Å². The Balaban J connectivity index is 2.68. The highest BCUT2D eigenvalue weighted by atomic mass is 28.4. The van der Waals surface area contributed by atoms with E-state index in [1.165, 1.54) is 0 Å². The first-order chi connectivity index (χ1) is 8.42. The maximum Gasteiger partial charge on any atom is 0.184 e. The van der Waals surface area contributed by atoms with Gasteiger partial charge < -0.3 is 4.43 Å². The van der Waals surface area contributed by atoms with E-state index in [4.69, 9.17) is 9.69 Å². The smallest absolute Gasteiger partial charge is 0.184 e. The molecule has 1 aromatic rings. The van der Waals surface area contributed by atoms with E-state index in [0.29, 0.717) is 12.3 Å². The minimum atomic E-state index is -1.53. The molecule has 0 radical (unpaired) electrons. The quantitative estimate of drug-likeness (QED) is 0.602. The highest BCUT2D eigenvalue weighted by molar-refractivity contribution is 6.69. The molecule has 0 aliphatic heterocycles. The molecule has 0 aliphatic carbocycles. The van der Waals surface area contributed by atoms with Gasteiger partial charge in [-0.2, -0.15) is 5.26 Å². The van der Waals surface area contributed by atoms with Crippen LogP contribution in [0.2, 0.25) is 19.6 Å². The zero-order chi connectivity index (χ0) is 13.6. The molecule has 0 saturated heterocycles. The van der Waals surface area contributed by atoms with Crippen molar-refractivity contribution in [3.05, 3.63) is 35.9 Å². The lowest BCUT2D eigenvalue weighted by Crippen LogP contribution is -2.32. The van der Waals surface area contributed by atoms with E-state index >= 15 is 0 Å². The largest absolute Gasteiger partial charge is 0.413 e. The Morgan fingerprint density at radius 1 is 1.33 bits per heavy atom. The minimum Gasteiger partial charge on any atom is -0.413 e. The van der Waals surface area contributed by atoms with Crippen LogP contribution in [0, 0.1) is 11.3 Å². The summed E-state index contributed by atoms with van der Waals surface area (Å²) in [6.45, 7) is 8.98. The van der Waals surface area contributed by atoms with E-state index in [9.17, 15) is 0 Å². The van der Waals surface area contributed by atoms with E-state index < -0.39 is 8.32 Å². The standard InChI is InChI=1S/C14H20N2OSi/c1-12(17-18(2,3)4)11-16-14(10-15)13-8-6-5-7-9-13/h5-9,12H,11H2,1-4H3. The van der Waals surface area contributed by atoms with Crippen molar-refractivity contribution >= 4 is 14.0 Å². The highest BCUT2D eigenvalue weighted by Gasteiger charge is 2.17. The molecule has 0 bridgehead atoms. The molecule has 0 amide bonds. The second-order valence-electron chi connectivity index (χ2n) is 5.21. The summed E-state index contributed by atoms with van der Waals surface area (Å²) in [7, 11) is -1.53. The Morgan fingerprint density at radius 3 is 2.44 bits per heavy atom. The number of rotatable bonds is 5. The van der Waals surface area contributed by atoms with Gasteiger partial charge in [-0.05, 0) is 26.6 Å². The van der Waals surface area contributed by atoms with Crippen LogP contribution in [0.1, 0.15) is 12.5 Å². The lowest BCUT2D eigenvalue weighted by Gasteiger charge is -2.22. The Labute approximate surface area is 110 Å². The first kappa shape index (κ1) is 14.6. The van der Waals surface area contributed by atoms with E-state index in [1.807, 2.05) is 37.3 Å². The normalized spacial score (nSPS) is 14.1. The van der Waals surface area contributed by atoms with Gasteiger partial charge in [0.15, 0.2) is 8.32 Å². The molecule has 4 heteroatoms. The second kappa shape index (κ2) is 6.48. The summed E-state index contributed by atoms with van der Waals surface area (Å²) in [5.41, 5.74) is 1.34. The van der Waals surface area contributed by atoms with Crippen LogP contribution < -0.4 is 0 Å². The van der Waals surface area contributed by atoms with E-state index in [0.717, 1.165) is 5.56 Å². The fraction of sp³-hybridized carbons (Fsp3) is 0.429. The number of nitriles is 1. The third-order valence-electron chi connectivity index (χ3n) is 2.21. The molecule has 0 N–H and O–H groups in total. The predicted molar refractivity (Wildman–Crippen MR) is 77.4 cm³/mol. The molecule has 1 rings (SSSR count).